The number of nitrogens with two attached hydrogens (primary N) is 1. The van der Waals surface area contributed by atoms with Crippen LogP contribution in [0.2, 0.25) is 0 Å². The van der Waals surface area contributed by atoms with Crippen LogP contribution >= 0.6 is 11.8 Å². The summed E-state index contributed by atoms with van der Waals surface area (Å²) in [5.74, 6) is -0.707. The number of rotatable bonds is 5. The molecule has 0 aromatic heterocycles. The highest BCUT2D eigenvalue weighted by molar-refractivity contribution is 8.04. The van der Waals surface area contributed by atoms with Crippen molar-refractivity contribution in [1.82, 2.24) is 9.80 Å². The number of aliphatic hydroxyl groups is 1. The molecule has 3 atom stereocenters. The van der Waals surface area contributed by atoms with E-state index in [2.05, 4.69) is 0 Å². The number of carbonyl (C=O) groups is 2. The number of hydrogen-bond donors (Lipinski definition) is 2. The van der Waals surface area contributed by atoms with Crippen molar-refractivity contribution in [3.63, 3.8) is 0 Å². The molecule has 7 heteroatoms. The molecule has 106 valence electrons. The Balaban J connectivity index is 2.03. The lowest BCUT2D eigenvalue weighted by Crippen LogP contribution is -2.59. The Morgan fingerprint density at radius 2 is 2.26 bits per heavy atom. The third-order valence-electron chi connectivity index (χ3n) is 3.47. The molecule has 0 aromatic rings. The van der Waals surface area contributed by atoms with Crippen LogP contribution in [-0.4, -0.2) is 58.3 Å². The van der Waals surface area contributed by atoms with Gasteiger partial charge in [-0.2, -0.15) is 0 Å². The largest absolute Gasteiger partial charge is 0.392 e. The second-order valence-electron chi connectivity index (χ2n) is 5.13. The second kappa shape index (κ2) is 5.15. The molecule has 3 N–H and O–H groups in total. The SMILES string of the molecule is CC1=C(CN(C)CC(N)=O)S[C@@H]2[C@@H]([C@@H](C)O)C(=O)N12. The van der Waals surface area contributed by atoms with Crippen LogP contribution in [-0.2, 0) is 9.59 Å². The molecule has 0 spiro atoms. The van der Waals surface area contributed by atoms with Gasteiger partial charge in [0.05, 0.1) is 18.6 Å². The molecule has 0 radical (unpaired) electrons. The molecule has 2 heterocycles. The Morgan fingerprint density at radius 1 is 1.63 bits per heavy atom. The zero-order valence-corrected chi connectivity index (χ0v) is 12.1. The van der Waals surface area contributed by atoms with Gasteiger partial charge in [0.25, 0.3) is 0 Å². The Kier molecular flexibility index (Phi) is 3.89. The average Bonchev–Trinajstić information content (AvgIpc) is 2.49. The fourth-order valence-electron chi connectivity index (χ4n) is 2.50. The van der Waals surface area contributed by atoms with E-state index in [1.807, 2.05) is 18.9 Å². The van der Waals surface area contributed by atoms with Crippen molar-refractivity contribution in [2.45, 2.75) is 25.3 Å². The lowest BCUT2D eigenvalue weighted by Gasteiger charge is -2.44. The highest BCUT2D eigenvalue weighted by atomic mass is 32.2. The van der Waals surface area contributed by atoms with Gasteiger partial charge in [-0.05, 0) is 20.9 Å². The first kappa shape index (κ1) is 14.4. The molecule has 1 saturated heterocycles. The average molecular weight is 285 g/mol. The Bertz CT molecular complexity index is 450. The van der Waals surface area contributed by atoms with Crippen LogP contribution in [0.5, 0.6) is 0 Å². The third kappa shape index (κ3) is 2.50. The van der Waals surface area contributed by atoms with Crippen molar-refractivity contribution in [1.29, 1.82) is 0 Å². The van der Waals surface area contributed by atoms with Crippen LogP contribution in [0.3, 0.4) is 0 Å². The summed E-state index contributed by atoms with van der Waals surface area (Å²) in [4.78, 5) is 27.4. The Hall–Kier alpha value is -1.05. The minimum atomic E-state index is -0.628. The zero-order valence-electron chi connectivity index (χ0n) is 11.3. The number of fused-ring (bicyclic) bond motifs is 1. The van der Waals surface area contributed by atoms with Gasteiger partial charge < -0.3 is 15.7 Å². The molecule has 1 fully saturated rings. The first-order valence-corrected chi connectivity index (χ1v) is 7.05. The molecule has 0 unspecified atom stereocenters. The number of aliphatic hydroxyl groups excluding tert-OH is 1. The molecule has 2 amide bonds. The van der Waals surface area contributed by atoms with E-state index in [1.54, 1.807) is 23.6 Å². The van der Waals surface area contributed by atoms with Crippen molar-refractivity contribution in [3.05, 3.63) is 10.6 Å². The van der Waals surface area contributed by atoms with Gasteiger partial charge in [0.1, 0.15) is 5.37 Å². The standard InChI is InChI=1S/C12H19N3O3S/c1-6-8(4-14(3)5-9(13)17)19-12-10(7(2)16)11(18)15(6)12/h7,10,12,16H,4-5H2,1-3H3,(H2,13,17)/t7-,10+,12-/m1/s1. The molecular formula is C12H19N3O3S. The van der Waals surface area contributed by atoms with Gasteiger partial charge >= 0.3 is 0 Å². The van der Waals surface area contributed by atoms with E-state index in [0.717, 1.165) is 10.6 Å². The summed E-state index contributed by atoms with van der Waals surface area (Å²) >= 11 is 1.60. The number of hydrogen-bond acceptors (Lipinski definition) is 5. The number of amides is 2. The maximum Gasteiger partial charge on any atom is 0.236 e. The lowest BCUT2D eigenvalue weighted by atomic mass is 9.92. The summed E-state index contributed by atoms with van der Waals surface area (Å²) in [6, 6.07) is 0. The second-order valence-corrected chi connectivity index (χ2v) is 6.34. The van der Waals surface area contributed by atoms with Crippen LogP contribution in [0.15, 0.2) is 10.6 Å². The molecule has 0 saturated carbocycles. The topological polar surface area (TPSA) is 86.9 Å². The number of primary amides is 1. The van der Waals surface area contributed by atoms with Crippen LogP contribution in [0, 0.1) is 5.92 Å². The first-order valence-electron chi connectivity index (χ1n) is 6.17. The monoisotopic (exact) mass is 285 g/mol. The number of allylic oxidation sites excluding steroid dienone is 1. The van der Waals surface area contributed by atoms with Crippen molar-refractivity contribution < 1.29 is 14.7 Å². The predicted octanol–water partition coefficient (Wildman–Crippen LogP) is -0.453. The molecular weight excluding hydrogens is 266 g/mol. The quantitative estimate of drug-likeness (QED) is 0.668. The molecule has 0 bridgehead atoms. The maximum atomic E-state index is 11.9. The molecule has 6 nitrogen and oxygen atoms in total. The van der Waals surface area contributed by atoms with E-state index in [-0.39, 0.29) is 29.7 Å². The smallest absolute Gasteiger partial charge is 0.236 e. The lowest BCUT2D eigenvalue weighted by molar-refractivity contribution is -0.152. The number of β-lactam (4-membered cyclic amide) rings is 1. The van der Waals surface area contributed by atoms with Crippen molar-refractivity contribution >= 4 is 23.6 Å². The van der Waals surface area contributed by atoms with Gasteiger partial charge in [-0.3, -0.25) is 14.5 Å². The number of likely N-dealkylation sites (N-methyl/N-ethyl adjacent to an activating group) is 1. The molecule has 2 rings (SSSR count). The van der Waals surface area contributed by atoms with E-state index in [0.29, 0.717) is 6.54 Å². The van der Waals surface area contributed by atoms with Gasteiger partial charge in [-0.25, -0.2) is 0 Å². The van der Waals surface area contributed by atoms with Crippen LogP contribution in [0.1, 0.15) is 13.8 Å². The van der Waals surface area contributed by atoms with E-state index in [9.17, 15) is 14.7 Å². The normalized spacial score (nSPS) is 27.6. The van der Waals surface area contributed by atoms with Gasteiger partial charge in [0.2, 0.25) is 11.8 Å². The summed E-state index contributed by atoms with van der Waals surface area (Å²) < 4.78 is 0. The highest BCUT2D eigenvalue weighted by Gasteiger charge is 2.54. The summed E-state index contributed by atoms with van der Waals surface area (Å²) in [6.45, 7) is 4.33. The van der Waals surface area contributed by atoms with Gasteiger partial charge in [-0.1, -0.05) is 0 Å². The molecule has 0 aliphatic carbocycles. The van der Waals surface area contributed by atoms with Crippen LogP contribution in [0.25, 0.3) is 0 Å². The zero-order chi connectivity index (χ0) is 14.3. The summed E-state index contributed by atoms with van der Waals surface area (Å²) in [5, 5.41) is 9.62. The maximum absolute atomic E-state index is 11.9. The molecule has 2 aliphatic heterocycles. The number of nitrogens with zero attached hydrogens (tertiary/aromatic N) is 2. The summed E-state index contributed by atoms with van der Waals surface area (Å²) in [5.41, 5.74) is 6.08. The summed E-state index contributed by atoms with van der Waals surface area (Å²) in [6.07, 6.45) is -0.628. The van der Waals surface area contributed by atoms with Gasteiger partial charge in [0, 0.05) is 17.1 Å². The fraction of sp³-hybridized carbons (Fsp3) is 0.667. The molecule has 19 heavy (non-hydrogen) atoms. The summed E-state index contributed by atoms with van der Waals surface area (Å²) in [7, 11) is 1.81. The minimum Gasteiger partial charge on any atom is -0.392 e. The minimum absolute atomic E-state index is 0.00415. The van der Waals surface area contributed by atoms with Crippen molar-refractivity contribution in [2.24, 2.45) is 11.7 Å². The fourth-order valence-corrected chi connectivity index (χ4v) is 4.21. The van der Waals surface area contributed by atoms with E-state index in [1.165, 1.54) is 0 Å². The van der Waals surface area contributed by atoms with Crippen LogP contribution in [0.4, 0.5) is 0 Å². The van der Waals surface area contributed by atoms with Gasteiger partial charge in [-0.15, -0.1) is 11.8 Å². The van der Waals surface area contributed by atoms with Crippen molar-refractivity contribution in [2.75, 3.05) is 20.1 Å². The highest BCUT2D eigenvalue weighted by Crippen LogP contribution is 2.49. The number of thioether (sulfide) groups is 1. The predicted molar refractivity (Wildman–Crippen MR) is 72.8 cm³/mol. The van der Waals surface area contributed by atoms with Crippen LogP contribution < -0.4 is 5.73 Å². The number of carbonyl (C=O) groups excluding carboxylic acids is 2. The van der Waals surface area contributed by atoms with E-state index >= 15 is 0 Å². The van der Waals surface area contributed by atoms with Crippen molar-refractivity contribution in [3.8, 4) is 0 Å². The Morgan fingerprint density at radius 3 is 2.79 bits per heavy atom. The Labute approximate surface area is 116 Å². The van der Waals surface area contributed by atoms with E-state index < -0.39 is 6.10 Å². The molecule has 2 aliphatic rings. The molecule has 0 aromatic carbocycles. The van der Waals surface area contributed by atoms with Gasteiger partial charge in [0.15, 0.2) is 0 Å². The third-order valence-corrected chi connectivity index (χ3v) is 4.93. The van der Waals surface area contributed by atoms with E-state index in [4.69, 9.17) is 5.73 Å². The first-order chi connectivity index (χ1) is 8.82.